The number of nitrogens with one attached hydrogen (secondary N) is 1. The van der Waals surface area contributed by atoms with Crippen molar-refractivity contribution >= 4 is 57.0 Å². The minimum Gasteiger partial charge on any atom is -0.365 e. The molecule has 1 atom stereocenters. The number of aromatic nitrogens is 3. The third-order valence-corrected chi connectivity index (χ3v) is 9.04. The van der Waals surface area contributed by atoms with Crippen LogP contribution in [0.15, 0.2) is 30.3 Å². The number of benzene rings is 1. The summed E-state index contributed by atoms with van der Waals surface area (Å²) in [6.07, 6.45) is -2.54. The first-order valence-electron chi connectivity index (χ1n) is 12.3. The molecule has 0 radical (unpaired) electrons. The Bertz CT molecular complexity index is 1670. The molecular weight excluding hydrogens is 586 g/mol. The highest BCUT2D eigenvalue weighted by atomic mass is 35.5. The molecule has 13 heteroatoms. The number of thiophene rings is 1. The number of fused-ring (bicyclic) bond motifs is 2. The number of hydrogen-bond donors (Lipinski definition) is 2. The average molecular weight is 610 g/mol. The second-order valence-corrected chi connectivity index (χ2v) is 12.7. The van der Waals surface area contributed by atoms with Crippen molar-refractivity contribution in [2.75, 3.05) is 5.32 Å². The van der Waals surface area contributed by atoms with E-state index in [0.29, 0.717) is 22.4 Å². The lowest BCUT2D eigenvalue weighted by Crippen LogP contribution is -2.27. The number of primary amides is 1. The number of anilines is 1. The van der Waals surface area contributed by atoms with Gasteiger partial charge in [-0.05, 0) is 54.4 Å². The van der Waals surface area contributed by atoms with E-state index in [9.17, 15) is 22.8 Å². The molecule has 0 saturated carbocycles. The Balaban J connectivity index is 1.53. The number of halogens is 5. The van der Waals surface area contributed by atoms with E-state index in [2.05, 4.69) is 36.2 Å². The van der Waals surface area contributed by atoms with Gasteiger partial charge in [0.05, 0.1) is 21.3 Å². The highest BCUT2D eigenvalue weighted by Gasteiger charge is 2.36. The minimum absolute atomic E-state index is 0.0272. The molecule has 1 aliphatic carbocycles. The van der Waals surface area contributed by atoms with Gasteiger partial charge in [0.15, 0.2) is 17.0 Å². The van der Waals surface area contributed by atoms with Crippen molar-refractivity contribution in [2.24, 2.45) is 17.1 Å². The fraction of sp³-hybridized carbons (Fsp3) is 0.333. The summed E-state index contributed by atoms with van der Waals surface area (Å²) in [7, 11) is 0. The Hall–Kier alpha value is -3.15. The van der Waals surface area contributed by atoms with E-state index >= 15 is 0 Å². The SMILES string of the molecule is CC(C)(C)C1CCc2c(sc(NC(=O)c3cc4nc(-c5ccc(Cl)c(Cl)c5)cc(C(F)(F)F)n4n3)c2C(N)=O)C1. The number of carbonyl (C=O) groups is 2. The highest BCUT2D eigenvalue weighted by molar-refractivity contribution is 7.17. The Morgan fingerprint density at radius 3 is 2.48 bits per heavy atom. The van der Waals surface area contributed by atoms with Crippen LogP contribution >= 0.6 is 34.5 Å². The topological polar surface area (TPSA) is 102 Å². The Kier molecular flexibility index (Phi) is 7.12. The molecule has 4 aromatic rings. The van der Waals surface area contributed by atoms with E-state index in [-0.39, 0.29) is 43.1 Å². The molecule has 7 nitrogen and oxygen atoms in total. The quantitative estimate of drug-likeness (QED) is 0.254. The monoisotopic (exact) mass is 609 g/mol. The molecule has 1 unspecified atom stereocenters. The first-order valence-corrected chi connectivity index (χ1v) is 13.9. The minimum atomic E-state index is -4.80. The van der Waals surface area contributed by atoms with Crippen molar-refractivity contribution in [3.05, 3.63) is 67.8 Å². The van der Waals surface area contributed by atoms with Crippen molar-refractivity contribution in [3.63, 3.8) is 0 Å². The van der Waals surface area contributed by atoms with Crippen molar-refractivity contribution in [1.82, 2.24) is 14.6 Å². The molecule has 0 spiro atoms. The van der Waals surface area contributed by atoms with Crippen LogP contribution in [0.4, 0.5) is 18.2 Å². The molecule has 40 heavy (non-hydrogen) atoms. The van der Waals surface area contributed by atoms with E-state index in [0.717, 1.165) is 35.4 Å². The van der Waals surface area contributed by atoms with Crippen LogP contribution in [0.2, 0.25) is 10.0 Å². The molecule has 1 aliphatic rings. The number of amides is 2. The van der Waals surface area contributed by atoms with Gasteiger partial charge < -0.3 is 11.1 Å². The lowest BCUT2D eigenvalue weighted by Gasteiger charge is -2.33. The predicted molar refractivity (Wildman–Crippen MR) is 149 cm³/mol. The summed E-state index contributed by atoms with van der Waals surface area (Å²) >= 11 is 13.3. The zero-order chi connectivity index (χ0) is 29.1. The molecule has 0 fully saturated rings. The number of nitrogens with zero attached hydrogens (tertiary/aromatic N) is 3. The van der Waals surface area contributed by atoms with Crippen molar-refractivity contribution in [1.29, 1.82) is 0 Å². The molecule has 3 aromatic heterocycles. The molecule has 2 amide bonds. The standard InChI is InChI=1S/C27H24Cl2F3N5O2S/c1-26(2,3)13-5-6-14-19(9-13)40-25(22(14)23(33)38)35-24(39)18-11-21-34-17(12-4-7-15(28)16(29)8-12)10-20(27(30,31)32)37(21)36-18/h4,7-8,10-11,13H,5-6,9H2,1-3H3,(H2,33,38)(H,35,39). The molecule has 1 aromatic carbocycles. The van der Waals surface area contributed by atoms with Gasteiger partial charge >= 0.3 is 6.18 Å². The van der Waals surface area contributed by atoms with Gasteiger partial charge in [0.25, 0.3) is 11.8 Å². The van der Waals surface area contributed by atoms with Crippen LogP contribution in [0.25, 0.3) is 16.9 Å². The lowest BCUT2D eigenvalue weighted by atomic mass is 9.72. The molecule has 3 N–H and O–H groups in total. The summed E-state index contributed by atoms with van der Waals surface area (Å²) in [5.74, 6) is -1.08. The summed E-state index contributed by atoms with van der Waals surface area (Å²) in [6, 6.07) is 6.32. The average Bonchev–Trinajstić information content (AvgIpc) is 3.44. The van der Waals surface area contributed by atoms with Crippen LogP contribution in [0.3, 0.4) is 0 Å². The molecule has 0 bridgehead atoms. The van der Waals surface area contributed by atoms with Gasteiger partial charge in [-0.1, -0.05) is 50.0 Å². The number of rotatable bonds is 4. The van der Waals surface area contributed by atoms with Gasteiger partial charge in [-0.2, -0.15) is 18.3 Å². The van der Waals surface area contributed by atoms with Crippen molar-refractivity contribution < 1.29 is 22.8 Å². The Morgan fingerprint density at radius 2 is 1.85 bits per heavy atom. The van der Waals surface area contributed by atoms with E-state index in [4.69, 9.17) is 28.9 Å². The van der Waals surface area contributed by atoms with Gasteiger partial charge in [0.2, 0.25) is 0 Å². The molecule has 3 heterocycles. The fourth-order valence-electron chi connectivity index (χ4n) is 4.93. The summed E-state index contributed by atoms with van der Waals surface area (Å²) < 4.78 is 42.6. The van der Waals surface area contributed by atoms with Crippen LogP contribution in [-0.4, -0.2) is 26.4 Å². The molecule has 0 aliphatic heterocycles. The second kappa shape index (κ2) is 10.0. The molecular formula is C27H24Cl2F3N5O2S. The third-order valence-electron chi connectivity index (χ3n) is 7.13. The Morgan fingerprint density at radius 1 is 1.12 bits per heavy atom. The van der Waals surface area contributed by atoms with Crippen LogP contribution in [0.1, 0.15) is 64.2 Å². The van der Waals surface area contributed by atoms with Gasteiger partial charge in [0.1, 0.15) is 5.00 Å². The molecule has 5 rings (SSSR count). The third kappa shape index (κ3) is 5.29. The largest absolute Gasteiger partial charge is 0.433 e. The first kappa shape index (κ1) is 28.4. The van der Waals surface area contributed by atoms with Crippen LogP contribution in [-0.2, 0) is 19.0 Å². The normalized spacial score (nSPS) is 15.8. The first-order chi connectivity index (χ1) is 18.6. The zero-order valence-corrected chi connectivity index (χ0v) is 23.9. The van der Waals surface area contributed by atoms with Crippen molar-refractivity contribution in [2.45, 2.75) is 46.2 Å². The van der Waals surface area contributed by atoms with Crippen LogP contribution in [0, 0.1) is 11.3 Å². The van der Waals surface area contributed by atoms with Crippen molar-refractivity contribution in [3.8, 4) is 11.3 Å². The number of hydrogen-bond acceptors (Lipinski definition) is 5. The maximum absolute atomic E-state index is 14.0. The van der Waals surface area contributed by atoms with Gasteiger partial charge in [0, 0.05) is 16.5 Å². The lowest BCUT2D eigenvalue weighted by molar-refractivity contribution is -0.142. The maximum Gasteiger partial charge on any atom is 0.433 e. The molecule has 0 saturated heterocycles. The number of alkyl halides is 3. The summed E-state index contributed by atoms with van der Waals surface area (Å²) in [6.45, 7) is 6.48. The Labute approximate surface area is 241 Å². The van der Waals surface area contributed by atoms with E-state index in [1.54, 1.807) is 0 Å². The van der Waals surface area contributed by atoms with Crippen LogP contribution in [0.5, 0.6) is 0 Å². The molecule has 210 valence electrons. The maximum atomic E-state index is 14.0. The van der Waals surface area contributed by atoms with E-state index in [1.807, 2.05) is 0 Å². The fourth-order valence-corrected chi connectivity index (χ4v) is 6.56. The smallest absolute Gasteiger partial charge is 0.365 e. The zero-order valence-electron chi connectivity index (χ0n) is 21.6. The summed E-state index contributed by atoms with van der Waals surface area (Å²) in [5, 5.41) is 7.22. The number of carbonyl (C=O) groups excluding carboxylic acids is 2. The van der Waals surface area contributed by atoms with Gasteiger partial charge in [-0.3, -0.25) is 9.59 Å². The predicted octanol–water partition coefficient (Wildman–Crippen LogP) is 7.29. The van der Waals surface area contributed by atoms with E-state index < -0.39 is 23.7 Å². The van der Waals surface area contributed by atoms with Gasteiger partial charge in [-0.25, -0.2) is 9.50 Å². The number of nitrogens with two attached hydrogens (primary N) is 1. The second-order valence-electron chi connectivity index (χ2n) is 10.8. The van der Waals surface area contributed by atoms with Crippen LogP contribution < -0.4 is 11.1 Å². The highest BCUT2D eigenvalue weighted by Crippen LogP contribution is 2.44. The van der Waals surface area contributed by atoms with Gasteiger partial charge in [-0.15, -0.1) is 11.3 Å². The summed E-state index contributed by atoms with van der Waals surface area (Å²) in [4.78, 5) is 30.8. The van der Waals surface area contributed by atoms with E-state index in [1.165, 1.54) is 29.5 Å². The summed E-state index contributed by atoms with van der Waals surface area (Å²) in [5.41, 5.74) is 5.44.